The number of sulfonamides is 1. The number of nitrogens with one attached hydrogen (secondary N) is 1. The lowest BCUT2D eigenvalue weighted by Crippen LogP contribution is -2.40. The van der Waals surface area contributed by atoms with Crippen LogP contribution in [0, 0.1) is 0 Å². The number of hydrogen-bond acceptors (Lipinski definition) is 7. The van der Waals surface area contributed by atoms with Crippen LogP contribution in [0.1, 0.15) is 23.1 Å². The standard InChI is InChI=1S/C26H35N3O6S/c1-33-25-8-7-24(36(31,32)29-12-16-35-17-13-29)18-23(25)6-9-26(30)27-19-21-2-4-22(5-3-21)20-28-10-14-34-15-11-28/h2-5,7-8,18H,6,9-17,19-20H2,1H3,(H,27,30). The highest BCUT2D eigenvalue weighted by atomic mass is 32.2. The molecule has 2 heterocycles. The third-order valence-electron chi connectivity index (χ3n) is 6.50. The van der Waals surface area contributed by atoms with Crippen LogP contribution in [0.5, 0.6) is 5.75 Å². The number of hydrogen-bond donors (Lipinski definition) is 1. The van der Waals surface area contributed by atoms with Gasteiger partial charge in [0.25, 0.3) is 0 Å². The summed E-state index contributed by atoms with van der Waals surface area (Å²) in [7, 11) is -2.08. The van der Waals surface area contributed by atoms with Crippen molar-refractivity contribution in [3.05, 3.63) is 59.2 Å². The van der Waals surface area contributed by atoms with Gasteiger partial charge in [-0.25, -0.2) is 8.42 Å². The Morgan fingerprint density at radius 1 is 0.944 bits per heavy atom. The van der Waals surface area contributed by atoms with Crippen LogP contribution in [0.2, 0.25) is 0 Å². The van der Waals surface area contributed by atoms with Crippen molar-refractivity contribution in [2.24, 2.45) is 0 Å². The lowest BCUT2D eigenvalue weighted by atomic mass is 10.1. The highest BCUT2D eigenvalue weighted by molar-refractivity contribution is 7.89. The lowest BCUT2D eigenvalue weighted by molar-refractivity contribution is -0.121. The molecule has 9 nitrogen and oxygen atoms in total. The van der Waals surface area contributed by atoms with E-state index in [1.807, 2.05) is 12.1 Å². The summed E-state index contributed by atoms with van der Waals surface area (Å²) in [6.07, 6.45) is 0.604. The minimum atomic E-state index is -3.62. The van der Waals surface area contributed by atoms with Crippen molar-refractivity contribution in [3.8, 4) is 5.75 Å². The molecule has 2 aromatic carbocycles. The zero-order valence-electron chi connectivity index (χ0n) is 20.8. The van der Waals surface area contributed by atoms with Crippen LogP contribution in [-0.4, -0.2) is 83.2 Å². The molecule has 196 valence electrons. The maximum absolute atomic E-state index is 13.0. The number of rotatable bonds is 10. The van der Waals surface area contributed by atoms with Gasteiger partial charge in [-0.05, 0) is 41.3 Å². The summed E-state index contributed by atoms with van der Waals surface area (Å²) < 4.78 is 43.5. The number of nitrogens with zero attached hydrogens (tertiary/aromatic N) is 2. The van der Waals surface area contributed by atoms with E-state index in [0.29, 0.717) is 50.6 Å². The maximum atomic E-state index is 13.0. The number of aryl methyl sites for hydroxylation is 1. The summed E-state index contributed by atoms with van der Waals surface area (Å²) in [6, 6.07) is 13.1. The van der Waals surface area contributed by atoms with E-state index in [-0.39, 0.29) is 17.2 Å². The minimum absolute atomic E-state index is 0.101. The van der Waals surface area contributed by atoms with Crippen molar-refractivity contribution in [1.29, 1.82) is 0 Å². The SMILES string of the molecule is COc1ccc(S(=O)(=O)N2CCOCC2)cc1CCC(=O)NCc1ccc(CN2CCOCC2)cc1. The molecule has 2 aliphatic heterocycles. The summed E-state index contributed by atoms with van der Waals surface area (Å²) in [5.41, 5.74) is 2.96. The quantitative estimate of drug-likeness (QED) is 0.513. The third-order valence-corrected chi connectivity index (χ3v) is 8.40. The number of morpholine rings is 2. The zero-order chi connectivity index (χ0) is 25.4. The largest absolute Gasteiger partial charge is 0.496 e. The molecule has 0 aromatic heterocycles. The Labute approximate surface area is 213 Å². The molecule has 1 amide bonds. The molecule has 0 saturated carbocycles. The molecule has 2 aliphatic rings. The van der Waals surface area contributed by atoms with E-state index in [0.717, 1.165) is 38.4 Å². The van der Waals surface area contributed by atoms with E-state index >= 15 is 0 Å². The van der Waals surface area contributed by atoms with E-state index in [2.05, 4.69) is 22.3 Å². The first-order valence-corrected chi connectivity index (χ1v) is 13.8. The third kappa shape index (κ3) is 7.04. The molecule has 2 fully saturated rings. The van der Waals surface area contributed by atoms with Gasteiger partial charge in [-0.3, -0.25) is 9.69 Å². The summed E-state index contributed by atoms with van der Waals surface area (Å²) in [4.78, 5) is 15.1. The molecule has 36 heavy (non-hydrogen) atoms. The fraction of sp³-hybridized carbons (Fsp3) is 0.500. The van der Waals surface area contributed by atoms with E-state index in [9.17, 15) is 13.2 Å². The predicted octanol–water partition coefficient (Wildman–Crippen LogP) is 1.80. The molecule has 4 rings (SSSR count). The van der Waals surface area contributed by atoms with Crippen LogP contribution < -0.4 is 10.1 Å². The van der Waals surface area contributed by atoms with Gasteiger partial charge in [0.1, 0.15) is 5.75 Å². The van der Waals surface area contributed by atoms with Crippen molar-refractivity contribution >= 4 is 15.9 Å². The molecule has 2 aromatic rings. The van der Waals surface area contributed by atoms with Crippen LogP contribution in [0.15, 0.2) is 47.4 Å². The van der Waals surface area contributed by atoms with Crippen LogP contribution in [0.25, 0.3) is 0 Å². The van der Waals surface area contributed by atoms with Gasteiger partial charge < -0.3 is 19.5 Å². The molecule has 2 saturated heterocycles. The Morgan fingerprint density at radius 3 is 2.25 bits per heavy atom. The smallest absolute Gasteiger partial charge is 0.243 e. The van der Waals surface area contributed by atoms with Crippen molar-refractivity contribution in [2.45, 2.75) is 30.8 Å². The average molecular weight is 518 g/mol. The minimum Gasteiger partial charge on any atom is -0.496 e. The maximum Gasteiger partial charge on any atom is 0.243 e. The fourth-order valence-electron chi connectivity index (χ4n) is 4.36. The van der Waals surface area contributed by atoms with Gasteiger partial charge in [0.05, 0.1) is 38.4 Å². The zero-order valence-corrected chi connectivity index (χ0v) is 21.6. The summed E-state index contributed by atoms with van der Waals surface area (Å²) in [6.45, 7) is 6.25. The van der Waals surface area contributed by atoms with Crippen LogP contribution in [-0.2, 0) is 43.8 Å². The Morgan fingerprint density at radius 2 is 1.58 bits per heavy atom. The molecule has 0 aliphatic carbocycles. The highest BCUT2D eigenvalue weighted by Gasteiger charge is 2.27. The van der Waals surface area contributed by atoms with Crippen LogP contribution in [0.3, 0.4) is 0 Å². The highest BCUT2D eigenvalue weighted by Crippen LogP contribution is 2.26. The number of carbonyl (C=O) groups is 1. The molecule has 0 unspecified atom stereocenters. The van der Waals surface area contributed by atoms with Gasteiger partial charge in [0.2, 0.25) is 15.9 Å². The van der Waals surface area contributed by atoms with Gasteiger partial charge in [-0.15, -0.1) is 0 Å². The first-order valence-electron chi connectivity index (χ1n) is 12.3. The number of benzene rings is 2. The number of carbonyl (C=O) groups excluding carboxylic acids is 1. The van der Waals surface area contributed by atoms with Crippen molar-refractivity contribution in [1.82, 2.24) is 14.5 Å². The fourth-order valence-corrected chi connectivity index (χ4v) is 5.82. The number of amides is 1. The first kappa shape index (κ1) is 26.6. The van der Waals surface area contributed by atoms with Crippen molar-refractivity contribution < 1.29 is 27.4 Å². The Hall–Kier alpha value is -2.50. The number of methoxy groups -OCH3 is 1. The molecular formula is C26H35N3O6S. The molecular weight excluding hydrogens is 482 g/mol. The van der Waals surface area contributed by atoms with Gasteiger partial charge in [0.15, 0.2) is 0 Å². The topological polar surface area (TPSA) is 97.4 Å². The molecule has 0 radical (unpaired) electrons. The van der Waals surface area contributed by atoms with Gasteiger partial charge in [-0.1, -0.05) is 24.3 Å². The van der Waals surface area contributed by atoms with E-state index in [4.69, 9.17) is 14.2 Å². The van der Waals surface area contributed by atoms with E-state index in [1.165, 1.54) is 17.0 Å². The van der Waals surface area contributed by atoms with E-state index < -0.39 is 10.0 Å². The molecule has 0 spiro atoms. The lowest BCUT2D eigenvalue weighted by Gasteiger charge is -2.26. The van der Waals surface area contributed by atoms with Gasteiger partial charge in [0, 0.05) is 45.7 Å². The van der Waals surface area contributed by atoms with Gasteiger partial charge in [-0.2, -0.15) is 4.31 Å². The predicted molar refractivity (Wildman–Crippen MR) is 135 cm³/mol. The Balaban J connectivity index is 1.30. The molecule has 0 bridgehead atoms. The summed E-state index contributed by atoms with van der Waals surface area (Å²) >= 11 is 0. The average Bonchev–Trinajstić information content (AvgIpc) is 2.92. The van der Waals surface area contributed by atoms with Gasteiger partial charge >= 0.3 is 0 Å². The Kier molecular flexibility index (Phi) is 9.33. The second kappa shape index (κ2) is 12.6. The van der Waals surface area contributed by atoms with Crippen molar-refractivity contribution in [2.75, 3.05) is 59.7 Å². The normalized spacial score (nSPS) is 17.6. The number of ether oxygens (including phenoxy) is 3. The molecule has 1 N–H and O–H groups in total. The molecule has 10 heteroatoms. The van der Waals surface area contributed by atoms with Crippen LogP contribution in [0.4, 0.5) is 0 Å². The monoisotopic (exact) mass is 517 g/mol. The summed E-state index contributed by atoms with van der Waals surface area (Å²) in [5.74, 6) is 0.468. The van der Waals surface area contributed by atoms with Crippen molar-refractivity contribution in [3.63, 3.8) is 0 Å². The second-order valence-electron chi connectivity index (χ2n) is 8.97. The molecule has 0 atom stereocenters. The van der Waals surface area contributed by atoms with Crippen LogP contribution >= 0.6 is 0 Å². The second-order valence-corrected chi connectivity index (χ2v) is 10.9. The first-order chi connectivity index (χ1) is 17.5. The summed E-state index contributed by atoms with van der Waals surface area (Å²) in [5, 5.41) is 2.96. The Bertz CT molecular complexity index is 1110. The van der Waals surface area contributed by atoms with E-state index in [1.54, 1.807) is 18.2 Å².